The maximum atomic E-state index is 13.0. The van der Waals surface area contributed by atoms with Gasteiger partial charge in [-0.15, -0.1) is 0 Å². The molecule has 0 aromatic heterocycles. The Hall–Kier alpha value is -1.62. The van der Waals surface area contributed by atoms with E-state index in [4.69, 9.17) is 9.47 Å². The molecule has 1 heterocycles. The molecule has 1 aliphatic rings. The van der Waals surface area contributed by atoms with Crippen LogP contribution in [0.25, 0.3) is 0 Å². The van der Waals surface area contributed by atoms with E-state index in [9.17, 15) is 9.18 Å². The van der Waals surface area contributed by atoms with E-state index < -0.39 is 6.17 Å². The Labute approximate surface area is 118 Å². The number of alkyl halides is 1. The lowest BCUT2D eigenvalue weighted by molar-refractivity contribution is 0.0526. The van der Waals surface area contributed by atoms with Crippen LogP contribution < -0.4 is 4.74 Å². The minimum Gasteiger partial charge on any atom is -0.492 e. The maximum absolute atomic E-state index is 13.0. The fourth-order valence-electron chi connectivity index (χ4n) is 2.21. The summed E-state index contributed by atoms with van der Waals surface area (Å²) in [6, 6.07) is 6.92. The van der Waals surface area contributed by atoms with Gasteiger partial charge in [0.25, 0.3) is 0 Å². The predicted molar refractivity (Wildman–Crippen MR) is 73.8 cm³/mol. The van der Waals surface area contributed by atoms with Crippen LogP contribution in [0.4, 0.5) is 4.39 Å². The van der Waals surface area contributed by atoms with E-state index in [1.54, 1.807) is 31.2 Å². The smallest absolute Gasteiger partial charge is 0.338 e. The molecule has 1 saturated heterocycles. The second kappa shape index (κ2) is 7.24. The number of rotatable bonds is 6. The molecular weight excluding hydrogens is 261 g/mol. The largest absolute Gasteiger partial charge is 0.492 e. The fourth-order valence-corrected chi connectivity index (χ4v) is 2.21. The SMILES string of the molecule is CCOC(=O)c1cccc(OCCN2CC[C@@H](F)C2)c1. The van der Waals surface area contributed by atoms with Crippen molar-refractivity contribution >= 4 is 5.97 Å². The zero-order chi connectivity index (χ0) is 14.4. The number of benzene rings is 1. The summed E-state index contributed by atoms with van der Waals surface area (Å²) in [7, 11) is 0. The van der Waals surface area contributed by atoms with E-state index in [2.05, 4.69) is 0 Å². The second-order valence-electron chi connectivity index (χ2n) is 4.78. The van der Waals surface area contributed by atoms with E-state index in [-0.39, 0.29) is 5.97 Å². The molecule has 1 atom stereocenters. The van der Waals surface area contributed by atoms with Crippen LogP contribution in [0.1, 0.15) is 23.7 Å². The summed E-state index contributed by atoms with van der Waals surface area (Å²) < 4.78 is 23.5. The van der Waals surface area contributed by atoms with Crippen LogP contribution in [0, 0.1) is 0 Å². The third kappa shape index (κ3) is 4.20. The van der Waals surface area contributed by atoms with E-state index in [0.29, 0.717) is 44.0 Å². The molecule has 0 unspecified atom stereocenters. The lowest BCUT2D eigenvalue weighted by Gasteiger charge is -2.15. The molecule has 5 heteroatoms. The first-order chi connectivity index (χ1) is 9.69. The van der Waals surface area contributed by atoms with E-state index in [1.165, 1.54) is 0 Å². The molecule has 20 heavy (non-hydrogen) atoms. The summed E-state index contributed by atoms with van der Waals surface area (Å²) in [5, 5.41) is 0. The van der Waals surface area contributed by atoms with Gasteiger partial charge in [-0.05, 0) is 31.5 Å². The van der Waals surface area contributed by atoms with Gasteiger partial charge in [0.15, 0.2) is 0 Å². The highest BCUT2D eigenvalue weighted by Crippen LogP contribution is 2.15. The van der Waals surface area contributed by atoms with Gasteiger partial charge in [0.1, 0.15) is 18.5 Å². The quantitative estimate of drug-likeness (QED) is 0.750. The molecule has 0 amide bonds. The molecular formula is C15H20FNO3. The first-order valence-corrected chi connectivity index (χ1v) is 6.95. The highest BCUT2D eigenvalue weighted by molar-refractivity contribution is 5.89. The van der Waals surface area contributed by atoms with Crippen molar-refractivity contribution in [2.45, 2.75) is 19.5 Å². The van der Waals surface area contributed by atoms with Crippen molar-refractivity contribution in [2.75, 3.05) is 32.8 Å². The fraction of sp³-hybridized carbons (Fsp3) is 0.533. The number of likely N-dealkylation sites (tertiary alicyclic amines) is 1. The number of halogens is 1. The first kappa shape index (κ1) is 14.8. The van der Waals surface area contributed by atoms with Gasteiger partial charge in [-0.2, -0.15) is 0 Å². The third-order valence-electron chi connectivity index (χ3n) is 3.24. The van der Waals surface area contributed by atoms with E-state index >= 15 is 0 Å². The van der Waals surface area contributed by atoms with Crippen molar-refractivity contribution in [2.24, 2.45) is 0 Å². The number of carbonyl (C=O) groups is 1. The number of esters is 1. The summed E-state index contributed by atoms with van der Waals surface area (Å²) in [6.07, 6.45) is -0.0969. The Kier molecular flexibility index (Phi) is 5.35. The summed E-state index contributed by atoms with van der Waals surface area (Å²) in [5.74, 6) is 0.282. The molecule has 0 aliphatic carbocycles. The lowest BCUT2D eigenvalue weighted by Crippen LogP contribution is -2.26. The maximum Gasteiger partial charge on any atom is 0.338 e. The van der Waals surface area contributed by atoms with Crippen molar-refractivity contribution in [3.05, 3.63) is 29.8 Å². The Balaban J connectivity index is 1.80. The molecule has 110 valence electrons. The van der Waals surface area contributed by atoms with Gasteiger partial charge in [-0.3, -0.25) is 4.90 Å². The van der Waals surface area contributed by atoms with Crippen LogP contribution >= 0.6 is 0 Å². The number of hydrogen-bond donors (Lipinski definition) is 0. The zero-order valence-corrected chi connectivity index (χ0v) is 11.7. The van der Waals surface area contributed by atoms with Crippen LogP contribution in [0.3, 0.4) is 0 Å². The Morgan fingerprint density at radius 1 is 1.50 bits per heavy atom. The molecule has 0 N–H and O–H groups in total. The van der Waals surface area contributed by atoms with Gasteiger partial charge < -0.3 is 9.47 Å². The number of carbonyl (C=O) groups excluding carboxylic acids is 1. The molecule has 1 aromatic rings. The third-order valence-corrected chi connectivity index (χ3v) is 3.24. The Morgan fingerprint density at radius 3 is 3.05 bits per heavy atom. The molecule has 0 radical (unpaired) electrons. The number of ether oxygens (including phenoxy) is 2. The summed E-state index contributed by atoms with van der Waals surface area (Å²) in [5.41, 5.74) is 0.481. The summed E-state index contributed by atoms with van der Waals surface area (Å²) in [6.45, 7) is 4.58. The minimum atomic E-state index is -0.706. The predicted octanol–water partition coefficient (Wildman–Crippen LogP) is 2.29. The van der Waals surface area contributed by atoms with Crippen molar-refractivity contribution < 1.29 is 18.7 Å². The van der Waals surface area contributed by atoms with E-state index in [1.807, 2.05) is 4.90 Å². The van der Waals surface area contributed by atoms with Crippen molar-refractivity contribution in [3.8, 4) is 5.75 Å². The minimum absolute atomic E-state index is 0.349. The highest BCUT2D eigenvalue weighted by Gasteiger charge is 2.21. The number of hydrogen-bond acceptors (Lipinski definition) is 4. The average molecular weight is 281 g/mol. The van der Waals surface area contributed by atoms with Crippen molar-refractivity contribution in [3.63, 3.8) is 0 Å². The first-order valence-electron chi connectivity index (χ1n) is 6.95. The molecule has 1 aromatic carbocycles. The molecule has 0 bridgehead atoms. The topological polar surface area (TPSA) is 38.8 Å². The number of nitrogens with zero attached hydrogens (tertiary/aromatic N) is 1. The monoisotopic (exact) mass is 281 g/mol. The molecule has 1 aliphatic heterocycles. The van der Waals surface area contributed by atoms with Gasteiger partial charge >= 0.3 is 5.97 Å². The highest BCUT2D eigenvalue weighted by atomic mass is 19.1. The lowest BCUT2D eigenvalue weighted by atomic mass is 10.2. The second-order valence-corrected chi connectivity index (χ2v) is 4.78. The average Bonchev–Trinajstić information content (AvgIpc) is 2.85. The van der Waals surface area contributed by atoms with Gasteiger partial charge in [-0.1, -0.05) is 6.07 Å². The van der Waals surface area contributed by atoms with Gasteiger partial charge in [0.2, 0.25) is 0 Å². The van der Waals surface area contributed by atoms with Crippen molar-refractivity contribution in [1.29, 1.82) is 0 Å². The van der Waals surface area contributed by atoms with Crippen molar-refractivity contribution in [1.82, 2.24) is 4.90 Å². The zero-order valence-electron chi connectivity index (χ0n) is 11.7. The van der Waals surface area contributed by atoms with Gasteiger partial charge in [-0.25, -0.2) is 9.18 Å². The van der Waals surface area contributed by atoms with Crippen LogP contribution in [0.2, 0.25) is 0 Å². The van der Waals surface area contributed by atoms with Crippen LogP contribution in [0.15, 0.2) is 24.3 Å². The molecule has 0 spiro atoms. The normalized spacial score (nSPS) is 19.0. The Morgan fingerprint density at radius 2 is 2.35 bits per heavy atom. The molecule has 4 nitrogen and oxygen atoms in total. The molecule has 1 fully saturated rings. The molecule has 0 saturated carbocycles. The van der Waals surface area contributed by atoms with Gasteiger partial charge in [0, 0.05) is 19.6 Å². The molecule has 2 rings (SSSR count). The standard InChI is InChI=1S/C15H20FNO3/c1-2-19-15(18)12-4-3-5-14(10-12)20-9-8-17-7-6-13(16)11-17/h3-5,10,13H,2,6-9,11H2,1H3/t13-/m1/s1. The van der Waals surface area contributed by atoms with Crippen LogP contribution in [-0.2, 0) is 4.74 Å². The van der Waals surface area contributed by atoms with Gasteiger partial charge in [0.05, 0.1) is 12.2 Å². The van der Waals surface area contributed by atoms with Crippen LogP contribution in [0.5, 0.6) is 5.75 Å². The van der Waals surface area contributed by atoms with E-state index in [0.717, 1.165) is 6.54 Å². The summed E-state index contributed by atoms with van der Waals surface area (Å²) in [4.78, 5) is 13.6. The summed E-state index contributed by atoms with van der Waals surface area (Å²) >= 11 is 0. The van der Waals surface area contributed by atoms with Crippen LogP contribution in [-0.4, -0.2) is 49.9 Å². The Bertz CT molecular complexity index is 452.